The second kappa shape index (κ2) is 6.71. The summed E-state index contributed by atoms with van der Waals surface area (Å²) in [6.07, 6.45) is 2.19. The van der Waals surface area contributed by atoms with Gasteiger partial charge in [0.2, 0.25) is 12.0 Å². The van der Waals surface area contributed by atoms with Gasteiger partial charge >= 0.3 is 5.97 Å². The fourth-order valence-electron chi connectivity index (χ4n) is 3.08. The summed E-state index contributed by atoms with van der Waals surface area (Å²) in [5.41, 5.74) is 1.14. The molecule has 0 radical (unpaired) electrons. The third kappa shape index (κ3) is 2.99. The summed E-state index contributed by atoms with van der Waals surface area (Å²) < 4.78 is 16.6. The number of hydrogen-bond acceptors (Lipinski definition) is 4. The highest BCUT2D eigenvalue weighted by molar-refractivity contribution is 6.18. The van der Waals surface area contributed by atoms with E-state index in [2.05, 4.69) is 12.1 Å². The van der Waals surface area contributed by atoms with Crippen molar-refractivity contribution in [2.45, 2.75) is 31.7 Å². The SMILES string of the molecule is CCOC(=O)C1=C[C@H](c2ccccc2)[C@@H]2C[C@@H](CCl)O[C@@H]2O1. The maximum atomic E-state index is 12.0. The number of carbonyl (C=O) groups excluding carboxylic acids is 1. The quantitative estimate of drug-likeness (QED) is 0.630. The van der Waals surface area contributed by atoms with Crippen LogP contribution in [-0.2, 0) is 19.0 Å². The van der Waals surface area contributed by atoms with Gasteiger partial charge in [0.1, 0.15) is 0 Å². The van der Waals surface area contributed by atoms with Crippen molar-refractivity contribution in [2.75, 3.05) is 12.5 Å². The monoisotopic (exact) mass is 322 g/mol. The van der Waals surface area contributed by atoms with Gasteiger partial charge in [0.25, 0.3) is 0 Å². The van der Waals surface area contributed by atoms with Crippen LogP contribution in [0.15, 0.2) is 42.2 Å². The lowest BCUT2D eigenvalue weighted by atomic mass is 9.82. The lowest BCUT2D eigenvalue weighted by Gasteiger charge is -2.31. The zero-order chi connectivity index (χ0) is 15.5. The minimum Gasteiger partial charge on any atom is -0.460 e. The molecule has 0 aromatic heterocycles. The van der Waals surface area contributed by atoms with Crippen LogP contribution in [0.5, 0.6) is 0 Å². The number of halogens is 1. The maximum absolute atomic E-state index is 12.0. The molecular formula is C17H19ClO4. The van der Waals surface area contributed by atoms with Crippen molar-refractivity contribution < 1.29 is 19.0 Å². The molecule has 1 fully saturated rings. The Morgan fingerprint density at radius 1 is 1.36 bits per heavy atom. The molecular weight excluding hydrogens is 304 g/mol. The molecule has 118 valence electrons. The van der Waals surface area contributed by atoms with Gasteiger partial charge in [0, 0.05) is 17.7 Å². The average Bonchev–Trinajstić information content (AvgIpc) is 2.98. The van der Waals surface area contributed by atoms with E-state index in [0.29, 0.717) is 12.5 Å². The molecule has 3 rings (SSSR count). The lowest BCUT2D eigenvalue weighted by Crippen LogP contribution is -2.31. The van der Waals surface area contributed by atoms with E-state index in [0.717, 1.165) is 12.0 Å². The molecule has 4 atom stereocenters. The van der Waals surface area contributed by atoms with Crippen molar-refractivity contribution in [3.05, 3.63) is 47.7 Å². The highest BCUT2D eigenvalue weighted by Gasteiger charge is 2.45. The van der Waals surface area contributed by atoms with Crippen molar-refractivity contribution in [2.24, 2.45) is 5.92 Å². The number of hydrogen-bond donors (Lipinski definition) is 0. The molecule has 0 bridgehead atoms. The number of ether oxygens (including phenoxy) is 3. The Labute approximate surface area is 135 Å². The maximum Gasteiger partial charge on any atom is 0.373 e. The van der Waals surface area contributed by atoms with Crippen LogP contribution in [0.4, 0.5) is 0 Å². The molecule has 2 heterocycles. The van der Waals surface area contributed by atoms with Gasteiger partial charge in [0.15, 0.2) is 0 Å². The molecule has 1 saturated heterocycles. The molecule has 5 heteroatoms. The number of fused-ring (bicyclic) bond motifs is 1. The van der Waals surface area contributed by atoms with E-state index < -0.39 is 12.3 Å². The first-order valence-corrected chi connectivity index (χ1v) is 8.08. The first-order valence-electron chi connectivity index (χ1n) is 7.55. The Hall–Kier alpha value is -1.52. The number of allylic oxidation sites excluding steroid dienone is 1. The van der Waals surface area contributed by atoms with Crippen molar-refractivity contribution in [3.63, 3.8) is 0 Å². The van der Waals surface area contributed by atoms with Gasteiger partial charge in [-0.2, -0.15) is 0 Å². The third-order valence-corrected chi connectivity index (χ3v) is 4.42. The molecule has 22 heavy (non-hydrogen) atoms. The third-order valence-electron chi connectivity index (χ3n) is 4.08. The van der Waals surface area contributed by atoms with E-state index >= 15 is 0 Å². The van der Waals surface area contributed by atoms with E-state index in [9.17, 15) is 4.79 Å². The van der Waals surface area contributed by atoms with Gasteiger partial charge in [-0.15, -0.1) is 11.6 Å². The molecule has 4 nitrogen and oxygen atoms in total. The van der Waals surface area contributed by atoms with Gasteiger partial charge in [-0.1, -0.05) is 30.3 Å². The second-order valence-electron chi connectivity index (χ2n) is 5.49. The number of esters is 1. The highest BCUT2D eigenvalue weighted by Crippen LogP contribution is 2.44. The fraction of sp³-hybridized carbons (Fsp3) is 0.471. The Morgan fingerprint density at radius 2 is 2.14 bits per heavy atom. The topological polar surface area (TPSA) is 44.8 Å². The molecule has 1 aromatic carbocycles. The Kier molecular flexibility index (Phi) is 4.69. The molecule has 0 saturated carbocycles. The van der Waals surface area contributed by atoms with E-state index in [4.69, 9.17) is 25.8 Å². The zero-order valence-corrected chi connectivity index (χ0v) is 13.2. The molecule has 1 aromatic rings. The molecule has 0 N–H and O–H groups in total. The van der Waals surface area contributed by atoms with Crippen LogP contribution in [0.25, 0.3) is 0 Å². The summed E-state index contributed by atoms with van der Waals surface area (Å²) >= 11 is 5.93. The van der Waals surface area contributed by atoms with Gasteiger partial charge < -0.3 is 14.2 Å². The van der Waals surface area contributed by atoms with E-state index in [-0.39, 0.29) is 23.7 Å². The van der Waals surface area contributed by atoms with Crippen LogP contribution in [0.2, 0.25) is 0 Å². The van der Waals surface area contributed by atoms with Crippen molar-refractivity contribution in [1.29, 1.82) is 0 Å². The summed E-state index contributed by atoms with van der Waals surface area (Å²) in [5.74, 6) is 0.427. The summed E-state index contributed by atoms with van der Waals surface area (Å²) in [7, 11) is 0. The fourth-order valence-corrected chi connectivity index (χ4v) is 3.28. The lowest BCUT2D eigenvalue weighted by molar-refractivity contribution is -0.161. The van der Waals surface area contributed by atoms with Gasteiger partial charge in [0.05, 0.1) is 12.7 Å². The smallest absolute Gasteiger partial charge is 0.373 e. The van der Waals surface area contributed by atoms with Crippen LogP contribution in [0.3, 0.4) is 0 Å². The van der Waals surface area contributed by atoms with Crippen LogP contribution in [0, 0.1) is 5.92 Å². The number of carbonyl (C=O) groups is 1. The Morgan fingerprint density at radius 3 is 2.82 bits per heavy atom. The second-order valence-corrected chi connectivity index (χ2v) is 5.79. The number of rotatable bonds is 4. The average molecular weight is 323 g/mol. The summed E-state index contributed by atoms with van der Waals surface area (Å²) in [4.78, 5) is 12.0. The van der Waals surface area contributed by atoms with E-state index in [1.807, 2.05) is 24.3 Å². The van der Waals surface area contributed by atoms with E-state index in [1.54, 1.807) is 6.92 Å². The van der Waals surface area contributed by atoms with Crippen molar-refractivity contribution >= 4 is 17.6 Å². The first-order chi connectivity index (χ1) is 10.7. The summed E-state index contributed by atoms with van der Waals surface area (Å²) in [5, 5.41) is 0. The van der Waals surface area contributed by atoms with Crippen LogP contribution < -0.4 is 0 Å². The summed E-state index contributed by atoms with van der Waals surface area (Å²) in [6, 6.07) is 10.1. The summed E-state index contributed by atoms with van der Waals surface area (Å²) in [6.45, 7) is 2.09. The van der Waals surface area contributed by atoms with E-state index in [1.165, 1.54) is 0 Å². The molecule has 0 aliphatic carbocycles. The number of benzene rings is 1. The predicted octanol–water partition coefficient (Wildman–Crippen LogP) is 3.22. The first kappa shape index (κ1) is 15.4. The Balaban J connectivity index is 1.91. The molecule has 2 aliphatic rings. The molecule has 2 aliphatic heterocycles. The molecule has 0 unspecified atom stereocenters. The normalized spacial score (nSPS) is 30.2. The minimum atomic E-state index is -0.446. The van der Waals surface area contributed by atoms with Crippen molar-refractivity contribution in [3.8, 4) is 0 Å². The van der Waals surface area contributed by atoms with Gasteiger partial charge in [-0.25, -0.2) is 4.79 Å². The number of alkyl halides is 1. The molecule has 0 spiro atoms. The predicted molar refractivity (Wildman–Crippen MR) is 82.5 cm³/mol. The largest absolute Gasteiger partial charge is 0.460 e. The van der Waals surface area contributed by atoms with Crippen LogP contribution in [0.1, 0.15) is 24.8 Å². The van der Waals surface area contributed by atoms with Crippen molar-refractivity contribution in [1.82, 2.24) is 0 Å². The standard InChI is InChI=1S/C17H19ClO4/c1-2-20-16(19)15-9-13(11-6-4-3-5-7-11)14-8-12(10-18)21-17(14)22-15/h3-7,9,12-14,17H,2,8,10H2,1H3/t12-,13+,14-,17+/m0/s1. The highest BCUT2D eigenvalue weighted by atomic mass is 35.5. The van der Waals surface area contributed by atoms with Gasteiger partial charge in [-0.3, -0.25) is 0 Å². The van der Waals surface area contributed by atoms with Crippen LogP contribution >= 0.6 is 11.6 Å². The zero-order valence-electron chi connectivity index (χ0n) is 12.4. The minimum absolute atomic E-state index is 0.0437. The van der Waals surface area contributed by atoms with Gasteiger partial charge in [-0.05, 0) is 25.0 Å². The molecule has 0 amide bonds. The van der Waals surface area contributed by atoms with Crippen LogP contribution in [-0.4, -0.2) is 30.9 Å². The Bertz CT molecular complexity index is 557.